The van der Waals surface area contributed by atoms with Gasteiger partial charge in [0.15, 0.2) is 11.5 Å². The van der Waals surface area contributed by atoms with Crippen LogP contribution in [0, 0.1) is 0 Å². The summed E-state index contributed by atoms with van der Waals surface area (Å²) in [7, 11) is 0. The van der Waals surface area contributed by atoms with Gasteiger partial charge in [-0.15, -0.1) is 0 Å². The van der Waals surface area contributed by atoms with Crippen molar-refractivity contribution in [3.8, 4) is 34.3 Å². The Labute approximate surface area is 121 Å². The van der Waals surface area contributed by atoms with Crippen molar-refractivity contribution in [3.63, 3.8) is 0 Å². The number of ether oxygens (including phenoxy) is 3. The molecule has 3 aromatic rings. The van der Waals surface area contributed by atoms with E-state index in [1.165, 1.54) is 0 Å². The van der Waals surface area contributed by atoms with Gasteiger partial charge in [0, 0.05) is 11.6 Å². The maximum absolute atomic E-state index is 5.81. The summed E-state index contributed by atoms with van der Waals surface area (Å²) in [6.07, 6.45) is 1.66. The Balaban J connectivity index is 1.55. The highest BCUT2D eigenvalue weighted by atomic mass is 16.7. The van der Waals surface area contributed by atoms with Crippen molar-refractivity contribution in [3.05, 3.63) is 60.9 Å². The molecule has 104 valence electrons. The Hall–Kier alpha value is -2.88. The van der Waals surface area contributed by atoms with E-state index in [2.05, 4.69) is 0 Å². The molecule has 0 saturated carbocycles. The van der Waals surface area contributed by atoms with E-state index in [1.807, 2.05) is 54.6 Å². The number of rotatable bonds is 3. The van der Waals surface area contributed by atoms with Crippen molar-refractivity contribution < 1.29 is 18.6 Å². The predicted octanol–water partition coefficient (Wildman–Crippen LogP) is 4.47. The van der Waals surface area contributed by atoms with Crippen LogP contribution in [0.5, 0.6) is 23.0 Å². The van der Waals surface area contributed by atoms with Crippen molar-refractivity contribution in [2.24, 2.45) is 0 Å². The molecule has 0 atom stereocenters. The summed E-state index contributed by atoms with van der Waals surface area (Å²) in [6.45, 7) is 0.261. The smallest absolute Gasteiger partial charge is 0.231 e. The van der Waals surface area contributed by atoms with Crippen LogP contribution in [-0.2, 0) is 0 Å². The molecule has 1 aliphatic heterocycles. The molecule has 0 saturated heterocycles. The summed E-state index contributed by atoms with van der Waals surface area (Å²) in [4.78, 5) is 0. The fourth-order valence-electron chi connectivity index (χ4n) is 2.21. The van der Waals surface area contributed by atoms with E-state index >= 15 is 0 Å². The van der Waals surface area contributed by atoms with Gasteiger partial charge in [0.05, 0.1) is 6.26 Å². The van der Waals surface area contributed by atoms with Crippen molar-refractivity contribution in [2.75, 3.05) is 6.79 Å². The maximum Gasteiger partial charge on any atom is 0.231 e. The van der Waals surface area contributed by atoms with Gasteiger partial charge in [0.1, 0.15) is 17.3 Å². The minimum absolute atomic E-state index is 0.261. The number of benzene rings is 2. The molecule has 0 bridgehead atoms. The highest BCUT2D eigenvalue weighted by Gasteiger charge is 2.14. The minimum Gasteiger partial charge on any atom is -0.464 e. The van der Waals surface area contributed by atoms with E-state index in [0.717, 1.165) is 22.8 Å². The second kappa shape index (κ2) is 4.90. The fourth-order valence-corrected chi connectivity index (χ4v) is 2.21. The quantitative estimate of drug-likeness (QED) is 0.710. The van der Waals surface area contributed by atoms with Crippen molar-refractivity contribution >= 4 is 0 Å². The molecule has 0 spiro atoms. The summed E-state index contributed by atoms with van der Waals surface area (Å²) < 4.78 is 21.8. The van der Waals surface area contributed by atoms with Gasteiger partial charge in [-0.05, 0) is 48.5 Å². The molecule has 0 unspecified atom stereocenters. The third kappa shape index (κ3) is 2.31. The predicted molar refractivity (Wildman–Crippen MR) is 76.8 cm³/mol. The molecule has 2 aromatic carbocycles. The second-order valence-electron chi connectivity index (χ2n) is 4.62. The van der Waals surface area contributed by atoms with Crippen molar-refractivity contribution in [2.45, 2.75) is 0 Å². The average molecular weight is 280 g/mol. The first-order valence-corrected chi connectivity index (χ1v) is 6.60. The molecule has 0 N–H and O–H groups in total. The molecule has 1 aliphatic rings. The molecular formula is C17H12O4. The highest BCUT2D eigenvalue weighted by Crippen LogP contribution is 2.36. The fraction of sp³-hybridized carbons (Fsp3) is 0.0588. The van der Waals surface area contributed by atoms with E-state index in [4.69, 9.17) is 18.6 Å². The Morgan fingerprint density at radius 3 is 2.43 bits per heavy atom. The van der Waals surface area contributed by atoms with Gasteiger partial charge < -0.3 is 18.6 Å². The van der Waals surface area contributed by atoms with E-state index in [1.54, 1.807) is 6.26 Å². The van der Waals surface area contributed by atoms with E-state index in [9.17, 15) is 0 Å². The zero-order valence-electron chi connectivity index (χ0n) is 11.1. The van der Waals surface area contributed by atoms with Crippen LogP contribution in [0.4, 0.5) is 0 Å². The van der Waals surface area contributed by atoms with Crippen LogP contribution in [0.15, 0.2) is 65.3 Å². The van der Waals surface area contributed by atoms with E-state index in [0.29, 0.717) is 11.5 Å². The normalized spacial score (nSPS) is 12.4. The van der Waals surface area contributed by atoms with Crippen molar-refractivity contribution in [1.82, 2.24) is 0 Å². The third-order valence-electron chi connectivity index (χ3n) is 3.24. The molecule has 4 nitrogen and oxygen atoms in total. The summed E-state index contributed by atoms with van der Waals surface area (Å²) in [6, 6.07) is 17.0. The number of hydrogen-bond acceptors (Lipinski definition) is 4. The number of fused-ring (bicyclic) bond motifs is 1. The van der Waals surface area contributed by atoms with Crippen LogP contribution in [0.1, 0.15) is 0 Å². The summed E-state index contributed by atoms with van der Waals surface area (Å²) in [5, 5.41) is 0. The van der Waals surface area contributed by atoms with Gasteiger partial charge in [0.2, 0.25) is 6.79 Å². The van der Waals surface area contributed by atoms with Crippen LogP contribution in [-0.4, -0.2) is 6.79 Å². The van der Waals surface area contributed by atoms with Crippen LogP contribution in [0.25, 0.3) is 11.3 Å². The summed E-state index contributed by atoms with van der Waals surface area (Å²) >= 11 is 0. The molecule has 0 fully saturated rings. The lowest BCUT2D eigenvalue weighted by Crippen LogP contribution is -1.92. The number of furan rings is 1. The SMILES string of the molecule is c1coc(-c2ccc(Oc3ccc4c(c3)OCO4)cc2)c1. The highest BCUT2D eigenvalue weighted by molar-refractivity contribution is 5.58. The van der Waals surface area contributed by atoms with Gasteiger partial charge >= 0.3 is 0 Å². The van der Waals surface area contributed by atoms with Gasteiger partial charge in [-0.1, -0.05) is 0 Å². The Morgan fingerprint density at radius 2 is 1.62 bits per heavy atom. The molecule has 21 heavy (non-hydrogen) atoms. The van der Waals surface area contributed by atoms with Crippen molar-refractivity contribution in [1.29, 1.82) is 0 Å². The van der Waals surface area contributed by atoms with Gasteiger partial charge in [-0.3, -0.25) is 0 Å². The van der Waals surface area contributed by atoms with Crippen LogP contribution in [0.3, 0.4) is 0 Å². The molecule has 1 aromatic heterocycles. The minimum atomic E-state index is 0.261. The van der Waals surface area contributed by atoms with Gasteiger partial charge in [-0.2, -0.15) is 0 Å². The average Bonchev–Trinajstić information content (AvgIpc) is 3.19. The molecule has 4 rings (SSSR count). The summed E-state index contributed by atoms with van der Waals surface area (Å²) in [5.41, 5.74) is 1.01. The van der Waals surface area contributed by atoms with Gasteiger partial charge in [-0.25, -0.2) is 0 Å². The monoisotopic (exact) mass is 280 g/mol. The first kappa shape index (κ1) is 11.9. The van der Waals surface area contributed by atoms with Crippen LogP contribution >= 0.6 is 0 Å². The second-order valence-corrected chi connectivity index (χ2v) is 4.62. The Bertz CT molecular complexity index is 745. The maximum atomic E-state index is 5.81. The van der Waals surface area contributed by atoms with Crippen LogP contribution in [0.2, 0.25) is 0 Å². The van der Waals surface area contributed by atoms with Gasteiger partial charge in [0.25, 0.3) is 0 Å². The zero-order valence-corrected chi connectivity index (χ0v) is 11.1. The molecular weight excluding hydrogens is 268 g/mol. The van der Waals surface area contributed by atoms with E-state index in [-0.39, 0.29) is 6.79 Å². The topological polar surface area (TPSA) is 40.8 Å². The van der Waals surface area contributed by atoms with E-state index < -0.39 is 0 Å². The zero-order chi connectivity index (χ0) is 14.1. The first-order chi connectivity index (χ1) is 10.4. The largest absolute Gasteiger partial charge is 0.464 e. The Morgan fingerprint density at radius 1 is 0.810 bits per heavy atom. The lowest BCUT2D eigenvalue weighted by Gasteiger charge is -2.07. The Kier molecular flexibility index (Phi) is 2.78. The van der Waals surface area contributed by atoms with Crippen LogP contribution < -0.4 is 14.2 Å². The third-order valence-corrected chi connectivity index (χ3v) is 3.24. The first-order valence-electron chi connectivity index (χ1n) is 6.60. The number of hydrogen-bond donors (Lipinski definition) is 0. The summed E-state index contributed by atoms with van der Waals surface area (Å²) in [5.74, 6) is 3.76. The molecule has 0 radical (unpaired) electrons. The lowest BCUT2D eigenvalue weighted by atomic mass is 10.2. The molecule has 2 heterocycles. The molecule has 0 amide bonds. The lowest BCUT2D eigenvalue weighted by molar-refractivity contribution is 0.174. The molecule has 0 aliphatic carbocycles. The molecule has 4 heteroatoms. The standard InChI is InChI=1S/C17H12O4/c1-2-15(18-9-1)12-3-5-13(6-4-12)21-14-7-8-16-17(10-14)20-11-19-16/h1-10H,11H2.